The van der Waals surface area contributed by atoms with Crippen LogP contribution in [0.15, 0.2) is 42.6 Å². The van der Waals surface area contributed by atoms with Gasteiger partial charge in [0.2, 0.25) is 0 Å². The molecule has 0 aliphatic heterocycles. The van der Waals surface area contributed by atoms with Gasteiger partial charge in [-0.2, -0.15) is 5.10 Å². The maximum Gasteiger partial charge on any atom is 0.0914 e. The molecule has 0 aliphatic rings. The minimum absolute atomic E-state index is 0.469. The van der Waals surface area contributed by atoms with Gasteiger partial charge in [-0.1, -0.05) is 37.3 Å². The molecule has 1 atom stereocenters. The summed E-state index contributed by atoms with van der Waals surface area (Å²) in [5, 5.41) is 17.6. The van der Waals surface area contributed by atoms with Gasteiger partial charge in [0, 0.05) is 25.8 Å². The summed E-state index contributed by atoms with van der Waals surface area (Å²) in [6, 6.07) is 11.7. The monoisotopic (exact) mass is 259 g/mol. The van der Waals surface area contributed by atoms with Crippen LogP contribution in [0, 0.1) is 0 Å². The van der Waals surface area contributed by atoms with Gasteiger partial charge >= 0.3 is 0 Å². The van der Waals surface area contributed by atoms with Gasteiger partial charge in [0.05, 0.1) is 11.8 Å². The fourth-order valence-corrected chi connectivity index (χ4v) is 2.05. The molecule has 1 aromatic carbocycles. The summed E-state index contributed by atoms with van der Waals surface area (Å²) in [6.45, 7) is 4.34. The van der Waals surface area contributed by atoms with E-state index in [1.54, 1.807) is 0 Å². The maximum absolute atomic E-state index is 10.0. The number of benzene rings is 1. The van der Waals surface area contributed by atoms with Crippen LogP contribution >= 0.6 is 0 Å². The van der Waals surface area contributed by atoms with E-state index in [9.17, 15) is 5.11 Å². The lowest BCUT2D eigenvalue weighted by atomic mass is 10.1. The first-order chi connectivity index (χ1) is 9.31. The Bertz CT molecular complexity index is 481. The van der Waals surface area contributed by atoms with Gasteiger partial charge in [0.25, 0.3) is 0 Å². The van der Waals surface area contributed by atoms with Crippen molar-refractivity contribution in [2.75, 3.05) is 6.54 Å². The van der Waals surface area contributed by atoms with Crippen molar-refractivity contribution in [3.8, 4) is 0 Å². The lowest BCUT2D eigenvalue weighted by Gasteiger charge is -2.12. The first-order valence-electron chi connectivity index (χ1n) is 6.75. The summed E-state index contributed by atoms with van der Waals surface area (Å²) >= 11 is 0. The zero-order valence-corrected chi connectivity index (χ0v) is 11.3. The quantitative estimate of drug-likeness (QED) is 0.800. The third-order valence-corrected chi connectivity index (χ3v) is 3.07. The van der Waals surface area contributed by atoms with Gasteiger partial charge < -0.3 is 10.4 Å². The summed E-state index contributed by atoms with van der Waals surface area (Å²) < 4.78 is 2.00. The summed E-state index contributed by atoms with van der Waals surface area (Å²) in [7, 11) is 0. The molecule has 0 bridgehead atoms. The Morgan fingerprint density at radius 2 is 2.05 bits per heavy atom. The van der Waals surface area contributed by atoms with Gasteiger partial charge in [-0.25, -0.2) is 0 Å². The number of nitrogens with zero attached hydrogens (tertiary/aromatic N) is 2. The van der Waals surface area contributed by atoms with E-state index < -0.39 is 6.10 Å². The maximum atomic E-state index is 10.0. The Labute approximate surface area is 114 Å². The Balaban J connectivity index is 1.81. The molecular weight excluding hydrogens is 238 g/mol. The molecule has 4 heteroatoms. The van der Waals surface area contributed by atoms with Crippen molar-refractivity contribution < 1.29 is 5.11 Å². The van der Waals surface area contributed by atoms with Crippen molar-refractivity contribution in [2.45, 2.75) is 32.5 Å². The minimum Gasteiger partial charge on any atom is -0.387 e. The van der Waals surface area contributed by atoms with Crippen LogP contribution in [0.2, 0.25) is 0 Å². The van der Waals surface area contributed by atoms with E-state index in [0.29, 0.717) is 6.54 Å². The number of rotatable bonds is 7. The lowest BCUT2D eigenvalue weighted by molar-refractivity contribution is 0.174. The molecule has 2 aromatic rings. The molecule has 2 N–H and O–H groups in total. The molecule has 102 valence electrons. The fraction of sp³-hybridized carbons (Fsp3) is 0.400. The van der Waals surface area contributed by atoms with Gasteiger partial charge in [-0.15, -0.1) is 0 Å². The van der Waals surface area contributed by atoms with E-state index in [0.717, 1.165) is 30.8 Å². The molecule has 0 amide bonds. The van der Waals surface area contributed by atoms with Crippen molar-refractivity contribution in [1.82, 2.24) is 15.1 Å². The van der Waals surface area contributed by atoms with Gasteiger partial charge in [0.15, 0.2) is 0 Å². The highest BCUT2D eigenvalue weighted by molar-refractivity contribution is 5.17. The smallest absolute Gasteiger partial charge is 0.0914 e. The van der Waals surface area contributed by atoms with E-state index in [1.807, 2.05) is 47.3 Å². The highest BCUT2D eigenvalue weighted by atomic mass is 16.3. The van der Waals surface area contributed by atoms with Gasteiger partial charge in [-0.05, 0) is 18.1 Å². The van der Waals surface area contributed by atoms with Gasteiger partial charge in [-0.3, -0.25) is 4.68 Å². The highest BCUT2D eigenvalue weighted by Gasteiger charge is 2.07. The Hall–Kier alpha value is -1.65. The second-order valence-electron chi connectivity index (χ2n) is 4.60. The zero-order chi connectivity index (χ0) is 13.5. The van der Waals surface area contributed by atoms with E-state index >= 15 is 0 Å². The molecule has 19 heavy (non-hydrogen) atoms. The Morgan fingerprint density at radius 1 is 1.26 bits per heavy atom. The van der Waals surface area contributed by atoms with E-state index in [-0.39, 0.29) is 0 Å². The summed E-state index contributed by atoms with van der Waals surface area (Å²) in [5.74, 6) is 0. The number of aliphatic hydroxyl groups excluding tert-OH is 1. The van der Waals surface area contributed by atoms with Crippen LogP contribution in [0.1, 0.15) is 30.7 Å². The largest absolute Gasteiger partial charge is 0.387 e. The number of nitrogens with one attached hydrogen (secondary N) is 1. The predicted molar refractivity (Wildman–Crippen MR) is 75.6 cm³/mol. The Kier molecular flexibility index (Phi) is 5.12. The number of aryl methyl sites for hydroxylation is 1. The van der Waals surface area contributed by atoms with E-state index in [4.69, 9.17) is 0 Å². The van der Waals surface area contributed by atoms with Crippen LogP contribution in [-0.2, 0) is 13.1 Å². The van der Waals surface area contributed by atoms with E-state index in [1.165, 1.54) is 0 Å². The van der Waals surface area contributed by atoms with Crippen LogP contribution in [-0.4, -0.2) is 21.4 Å². The summed E-state index contributed by atoms with van der Waals surface area (Å²) in [4.78, 5) is 0. The van der Waals surface area contributed by atoms with Crippen LogP contribution in [0.5, 0.6) is 0 Å². The SMILES string of the molecule is CCCn1nccc1CNCC(O)c1ccccc1. The lowest BCUT2D eigenvalue weighted by Crippen LogP contribution is -2.22. The molecule has 0 fully saturated rings. The topological polar surface area (TPSA) is 50.1 Å². The van der Waals surface area contributed by atoms with Crippen LogP contribution in [0.3, 0.4) is 0 Å². The van der Waals surface area contributed by atoms with Crippen molar-refractivity contribution >= 4 is 0 Å². The molecule has 2 rings (SSSR count). The van der Waals surface area contributed by atoms with Crippen LogP contribution in [0.25, 0.3) is 0 Å². The highest BCUT2D eigenvalue weighted by Crippen LogP contribution is 2.10. The average molecular weight is 259 g/mol. The molecule has 0 saturated heterocycles. The first-order valence-corrected chi connectivity index (χ1v) is 6.75. The van der Waals surface area contributed by atoms with Crippen molar-refractivity contribution in [3.05, 3.63) is 53.9 Å². The average Bonchev–Trinajstić information content (AvgIpc) is 2.88. The van der Waals surface area contributed by atoms with Crippen molar-refractivity contribution in [1.29, 1.82) is 0 Å². The molecule has 0 saturated carbocycles. The molecule has 0 aliphatic carbocycles. The number of aliphatic hydroxyl groups is 1. The number of aromatic nitrogens is 2. The fourth-order valence-electron chi connectivity index (χ4n) is 2.05. The molecule has 1 unspecified atom stereocenters. The van der Waals surface area contributed by atoms with Crippen LogP contribution < -0.4 is 5.32 Å². The molecule has 0 radical (unpaired) electrons. The van der Waals surface area contributed by atoms with E-state index in [2.05, 4.69) is 17.3 Å². The van der Waals surface area contributed by atoms with Crippen molar-refractivity contribution in [3.63, 3.8) is 0 Å². The normalized spacial score (nSPS) is 12.5. The molecule has 0 spiro atoms. The molecule has 1 heterocycles. The summed E-state index contributed by atoms with van der Waals surface area (Å²) in [6.07, 6.45) is 2.42. The first kappa shape index (κ1) is 13.8. The predicted octanol–water partition coefficient (Wildman–Crippen LogP) is 2.12. The third-order valence-electron chi connectivity index (χ3n) is 3.07. The van der Waals surface area contributed by atoms with Crippen LogP contribution in [0.4, 0.5) is 0 Å². The second kappa shape index (κ2) is 7.07. The minimum atomic E-state index is -0.469. The number of hydrogen-bond donors (Lipinski definition) is 2. The second-order valence-corrected chi connectivity index (χ2v) is 4.60. The van der Waals surface area contributed by atoms with Crippen molar-refractivity contribution in [2.24, 2.45) is 0 Å². The Morgan fingerprint density at radius 3 is 2.79 bits per heavy atom. The molecular formula is C15H21N3O. The zero-order valence-electron chi connectivity index (χ0n) is 11.3. The molecule has 1 aromatic heterocycles. The third kappa shape index (κ3) is 3.91. The standard InChI is InChI=1S/C15H21N3O/c1-2-10-18-14(8-9-17-18)11-16-12-15(19)13-6-4-3-5-7-13/h3-9,15-16,19H,2,10-12H2,1H3. The number of hydrogen-bond acceptors (Lipinski definition) is 3. The summed E-state index contributed by atoms with van der Waals surface area (Å²) in [5.41, 5.74) is 2.10. The van der Waals surface area contributed by atoms with Gasteiger partial charge in [0.1, 0.15) is 0 Å². The molecule has 4 nitrogen and oxygen atoms in total.